The average molecular weight is 252 g/mol. The lowest BCUT2D eigenvalue weighted by atomic mass is 10.1. The Hall–Kier alpha value is -1.88. The first kappa shape index (κ1) is 11.6. The second kappa shape index (κ2) is 4.55. The molecule has 0 unspecified atom stereocenters. The van der Waals surface area contributed by atoms with Crippen molar-refractivity contribution in [2.75, 3.05) is 0 Å². The topological polar surface area (TPSA) is 68.0 Å². The quantitative estimate of drug-likeness (QED) is 0.908. The molecular weight excluding hydrogens is 242 g/mol. The van der Waals surface area contributed by atoms with E-state index in [9.17, 15) is 4.79 Å². The zero-order valence-corrected chi connectivity index (χ0v) is 9.80. The van der Waals surface area contributed by atoms with Gasteiger partial charge in [-0.1, -0.05) is 28.9 Å². The molecule has 1 N–H and O–H groups in total. The van der Waals surface area contributed by atoms with Gasteiger partial charge < -0.3 is 5.11 Å². The molecule has 0 aliphatic carbocycles. The lowest BCUT2D eigenvalue weighted by molar-refractivity contribution is 0.0690. The van der Waals surface area contributed by atoms with E-state index in [1.807, 2.05) is 25.1 Å². The Morgan fingerprint density at radius 3 is 2.88 bits per heavy atom. The number of hydrogen-bond acceptors (Lipinski definition) is 3. The minimum Gasteiger partial charge on any atom is -0.476 e. The van der Waals surface area contributed by atoms with Crippen LogP contribution in [0.25, 0.3) is 0 Å². The molecule has 0 spiro atoms. The van der Waals surface area contributed by atoms with Crippen LogP contribution >= 0.6 is 11.6 Å². The van der Waals surface area contributed by atoms with Crippen LogP contribution in [0, 0.1) is 0 Å². The summed E-state index contributed by atoms with van der Waals surface area (Å²) in [6, 6.07) is 7.21. The molecule has 0 amide bonds. The van der Waals surface area contributed by atoms with Gasteiger partial charge in [-0.25, -0.2) is 9.48 Å². The summed E-state index contributed by atoms with van der Waals surface area (Å²) < 4.78 is 1.50. The minimum atomic E-state index is -1.09. The van der Waals surface area contributed by atoms with Crippen molar-refractivity contribution in [2.24, 2.45) is 0 Å². The summed E-state index contributed by atoms with van der Waals surface area (Å²) in [5, 5.41) is 16.7. The summed E-state index contributed by atoms with van der Waals surface area (Å²) in [6.07, 6.45) is 1.40. The van der Waals surface area contributed by atoms with Crippen LogP contribution < -0.4 is 0 Å². The standard InChI is InChI=1S/C11H10ClN3O2/c1-7(8-3-2-4-9(12)5-8)15-6-10(11(16)17)13-14-15/h2-7H,1H3,(H,16,17)/t7-/m0/s1. The first-order chi connectivity index (χ1) is 8.08. The molecule has 1 atom stereocenters. The monoisotopic (exact) mass is 251 g/mol. The number of carboxylic acid groups (broad SMARTS) is 1. The first-order valence-corrected chi connectivity index (χ1v) is 5.36. The van der Waals surface area contributed by atoms with Crippen molar-refractivity contribution < 1.29 is 9.90 Å². The van der Waals surface area contributed by atoms with E-state index in [-0.39, 0.29) is 11.7 Å². The fourth-order valence-corrected chi connectivity index (χ4v) is 1.68. The van der Waals surface area contributed by atoms with E-state index < -0.39 is 5.97 Å². The predicted molar refractivity (Wildman–Crippen MR) is 62.2 cm³/mol. The van der Waals surface area contributed by atoms with Gasteiger partial charge in [0.15, 0.2) is 5.69 Å². The Kier molecular flexibility index (Phi) is 3.10. The zero-order chi connectivity index (χ0) is 12.4. The minimum absolute atomic E-state index is 0.0705. The molecular formula is C11H10ClN3O2. The molecule has 2 rings (SSSR count). The van der Waals surface area contributed by atoms with E-state index >= 15 is 0 Å². The average Bonchev–Trinajstić information content (AvgIpc) is 2.77. The van der Waals surface area contributed by atoms with Gasteiger partial charge in [-0.05, 0) is 24.6 Å². The highest BCUT2D eigenvalue weighted by Crippen LogP contribution is 2.20. The van der Waals surface area contributed by atoms with Crippen molar-refractivity contribution in [3.63, 3.8) is 0 Å². The molecule has 0 fully saturated rings. The molecule has 0 aliphatic rings. The van der Waals surface area contributed by atoms with Crippen molar-refractivity contribution in [1.29, 1.82) is 0 Å². The van der Waals surface area contributed by atoms with Gasteiger partial charge in [-0.2, -0.15) is 0 Å². The third kappa shape index (κ3) is 2.45. The van der Waals surface area contributed by atoms with E-state index in [0.717, 1.165) is 5.56 Å². The van der Waals surface area contributed by atoms with E-state index in [1.165, 1.54) is 10.9 Å². The van der Waals surface area contributed by atoms with Crippen LogP contribution in [0.5, 0.6) is 0 Å². The van der Waals surface area contributed by atoms with Crippen LogP contribution in [0.15, 0.2) is 30.5 Å². The molecule has 1 aromatic heterocycles. The molecule has 6 heteroatoms. The summed E-state index contributed by atoms with van der Waals surface area (Å²) in [5.74, 6) is -1.09. The van der Waals surface area contributed by atoms with Gasteiger partial charge in [-0.3, -0.25) is 0 Å². The molecule has 17 heavy (non-hydrogen) atoms. The van der Waals surface area contributed by atoms with Crippen LogP contribution in [-0.2, 0) is 0 Å². The highest BCUT2D eigenvalue weighted by Gasteiger charge is 2.13. The van der Waals surface area contributed by atoms with Crippen LogP contribution in [0.1, 0.15) is 29.0 Å². The molecule has 5 nitrogen and oxygen atoms in total. The van der Waals surface area contributed by atoms with E-state index in [1.54, 1.807) is 6.07 Å². The Morgan fingerprint density at radius 2 is 2.29 bits per heavy atom. The maximum absolute atomic E-state index is 10.7. The molecule has 88 valence electrons. The Labute approximate surface area is 103 Å². The maximum Gasteiger partial charge on any atom is 0.358 e. The van der Waals surface area contributed by atoms with Gasteiger partial charge in [0, 0.05) is 5.02 Å². The third-order valence-electron chi connectivity index (χ3n) is 2.46. The third-order valence-corrected chi connectivity index (χ3v) is 2.69. The highest BCUT2D eigenvalue weighted by molar-refractivity contribution is 6.30. The number of benzene rings is 1. The molecule has 0 bridgehead atoms. The van der Waals surface area contributed by atoms with Gasteiger partial charge in [0.25, 0.3) is 0 Å². The summed E-state index contributed by atoms with van der Waals surface area (Å²) in [4.78, 5) is 10.7. The van der Waals surface area contributed by atoms with Crippen LogP contribution in [0.2, 0.25) is 5.02 Å². The summed E-state index contributed by atoms with van der Waals surface area (Å²) in [6.45, 7) is 1.89. The highest BCUT2D eigenvalue weighted by atomic mass is 35.5. The Bertz CT molecular complexity index is 553. The Morgan fingerprint density at radius 1 is 1.53 bits per heavy atom. The smallest absolute Gasteiger partial charge is 0.358 e. The van der Waals surface area contributed by atoms with Gasteiger partial charge in [-0.15, -0.1) is 5.10 Å². The lowest BCUT2D eigenvalue weighted by Crippen LogP contribution is -2.07. The molecule has 0 aliphatic heterocycles. The van der Waals surface area contributed by atoms with E-state index in [4.69, 9.17) is 16.7 Å². The van der Waals surface area contributed by atoms with Crippen molar-refractivity contribution >= 4 is 17.6 Å². The Balaban J connectivity index is 2.30. The van der Waals surface area contributed by atoms with Crippen molar-refractivity contribution in [3.05, 3.63) is 46.7 Å². The molecule has 0 saturated heterocycles. The molecule has 0 radical (unpaired) electrons. The fourth-order valence-electron chi connectivity index (χ4n) is 1.48. The van der Waals surface area contributed by atoms with Gasteiger partial charge in [0.2, 0.25) is 0 Å². The summed E-state index contributed by atoms with van der Waals surface area (Å²) >= 11 is 5.89. The van der Waals surface area contributed by atoms with Gasteiger partial charge in [0.05, 0.1) is 12.2 Å². The molecule has 1 aromatic carbocycles. The van der Waals surface area contributed by atoms with Gasteiger partial charge in [0.1, 0.15) is 0 Å². The second-order valence-corrected chi connectivity index (χ2v) is 4.06. The predicted octanol–water partition coefficient (Wildman–Crippen LogP) is 2.24. The second-order valence-electron chi connectivity index (χ2n) is 3.62. The number of aromatic nitrogens is 3. The number of carboxylic acids is 1. The molecule has 0 saturated carbocycles. The van der Waals surface area contributed by atoms with Crippen LogP contribution in [-0.4, -0.2) is 26.1 Å². The number of carbonyl (C=O) groups is 1. The number of hydrogen-bond donors (Lipinski definition) is 1. The SMILES string of the molecule is C[C@@H](c1cccc(Cl)c1)n1cc(C(=O)O)nn1. The summed E-state index contributed by atoms with van der Waals surface area (Å²) in [7, 11) is 0. The zero-order valence-electron chi connectivity index (χ0n) is 9.04. The van der Waals surface area contributed by atoms with Crippen molar-refractivity contribution in [3.8, 4) is 0 Å². The maximum atomic E-state index is 10.7. The number of nitrogens with zero attached hydrogens (tertiary/aromatic N) is 3. The molecule has 2 aromatic rings. The van der Waals surface area contributed by atoms with Crippen molar-refractivity contribution in [2.45, 2.75) is 13.0 Å². The fraction of sp³-hybridized carbons (Fsp3) is 0.182. The van der Waals surface area contributed by atoms with Gasteiger partial charge >= 0.3 is 5.97 Å². The van der Waals surface area contributed by atoms with E-state index in [2.05, 4.69) is 10.3 Å². The number of halogens is 1. The number of rotatable bonds is 3. The first-order valence-electron chi connectivity index (χ1n) is 4.98. The van der Waals surface area contributed by atoms with Crippen LogP contribution in [0.4, 0.5) is 0 Å². The lowest BCUT2D eigenvalue weighted by Gasteiger charge is -2.11. The van der Waals surface area contributed by atoms with Crippen molar-refractivity contribution in [1.82, 2.24) is 15.0 Å². The number of aromatic carboxylic acids is 1. The largest absolute Gasteiger partial charge is 0.476 e. The molecule has 1 heterocycles. The summed E-state index contributed by atoms with van der Waals surface area (Å²) in [5.41, 5.74) is 0.873. The van der Waals surface area contributed by atoms with E-state index in [0.29, 0.717) is 5.02 Å². The van der Waals surface area contributed by atoms with Crippen LogP contribution in [0.3, 0.4) is 0 Å². The normalized spacial score (nSPS) is 12.4.